The van der Waals surface area contributed by atoms with Crippen LogP contribution >= 0.6 is 22.7 Å². The summed E-state index contributed by atoms with van der Waals surface area (Å²) < 4.78 is 5.47. The number of oxazole rings is 1. The van der Waals surface area contributed by atoms with Gasteiger partial charge in [0, 0.05) is 10.8 Å². The summed E-state index contributed by atoms with van der Waals surface area (Å²) >= 11 is 2.41. The molecule has 3 rings (SSSR count). The Kier molecular flexibility index (Phi) is 7.79. The lowest BCUT2D eigenvalue weighted by Crippen LogP contribution is -2.32. The van der Waals surface area contributed by atoms with Crippen molar-refractivity contribution >= 4 is 40.5 Å². The van der Waals surface area contributed by atoms with E-state index in [9.17, 15) is 14.4 Å². The molecule has 0 saturated heterocycles. The number of carboxylic acids is 1. The fourth-order valence-corrected chi connectivity index (χ4v) is 4.82. The van der Waals surface area contributed by atoms with Gasteiger partial charge in [-0.3, -0.25) is 9.59 Å². The summed E-state index contributed by atoms with van der Waals surface area (Å²) in [6.07, 6.45) is 0. The van der Waals surface area contributed by atoms with Crippen LogP contribution in [-0.2, 0) is 0 Å². The van der Waals surface area contributed by atoms with Crippen molar-refractivity contribution in [3.05, 3.63) is 49.5 Å². The molecule has 3 atom stereocenters. The lowest BCUT2D eigenvalue weighted by atomic mass is 10.0. The van der Waals surface area contributed by atoms with Gasteiger partial charge >= 0.3 is 5.97 Å². The van der Waals surface area contributed by atoms with Crippen LogP contribution in [0.4, 0.5) is 0 Å². The summed E-state index contributed by atoms with van der Waals surface area (Å²) in [5.41, 5.74) is 6.07. The number of carbonyl (C=O) groups excluding carboxylic acids is 2. The Morgan fingerprint density at radius 2 is 1.59 bits per heavy atom. The van der Waals surface area contributed by atoms with E-state index in [2.05, 4.69) is 25.6 Å². The molecule has 0 aromatic carbocycles. The number of hydrogen-bond donors (Lipinski definition) is 4. The van der Waals surface area contributed by atoms with Crippen LogP contribution in [0.2, 0.25) is 0 Å². The van der Waals surface area contributed by atoms with Gasteiger partial charge in [-0.05, 0) is 26.7 Å². The highest BCUT2D eigenvalue weighted by Crippen LogP contribution is 2.27. The highest BCUT2D eigenvalue weighted by Gasteiger charge is 2.27. The summed E-state index contributed by atoms with van der Waals surface area (Å²) in [4.78, 5) is 49.2. The quantitative estimate of drug-likeness (QED) is 0.340. The lowest BCUT2D eigenvalue weighted by Gasteiger charge is -2.19. The molecule has 34 heavy (non-hydrogen) atoms. The molecule has 5 N–H and O–H groups in total. The zero-order valence-corrected chi connectivity index (χ0v) is 20.9. The van der Waals surface area contributed by atoms with Crippen LogP contribution in [0.25, 0.3) is 0 Å². The van der Waals surface area contributed by atoms with Gasteiger partial charge in [-0.2, -0.15) is 0 Å². The van der Waals surface area contributed by atoms with E-state index in [0.717, 1.165) is 11.3 Å². The number of aromatic carboxylic acids is 1. The van der Waals surface area contributed by atoms with E-state index in [-0.39, 0.29) is 28.9 Å². The highest BCUT2D eigenvalue weighted by atomic mass is 32.1. The third kappa shape index (κ3) is 5.66. The molecule has 0 radical (unpaired) electrons. The number of amides is 2. The minimum Gasteiger partial charge on any atom is -0.476 e. The molecule has 0 bridgehead atoms. The maximum Gasteiger partial charge on any atom is 0.355 e. The van der Waals surface area contributed by atoms with Gasteiger partial charge in [0.05, 0.1) is 18.1 Å². The first-order chi connectivity index (χ1) is 16.0. The van der Waals surface area contributed by atoms with Gasteiger partial charge in [-0.25, -0.2) is 19.7 Å². The van der Waals surface area contributed by atoms with E-state index < -0.39 is 35.9 Å². The molecule has 13 heteroatoms. The third-order valence-electron chi connectivity index (χ3n) is 4.85. The van der Waals surface area contributed by atoms with E-state index in [4.69, 9.17) is 15.3 Å². The average molecular weight is 507 g/mol. The second-order valence-corrected chi connectivity index (χ2v) is 9.86. The molecule has 0 fully saturated rings. The van der Waals surface area contributed by atoms with Crippen molar-refractivity contribution in [3.8, 4) is 0 Å². The van der Waals surface area contributed by atoms with Crippen LogP contribution in [0, 0.1) is 12.8 Å². The SMILES string of the molecule is Cc1oc([C@@H](C)N)nc1C(=O)N[C@@H](c1nc(C(=O)N[C@H](C)c2nc(C(=O)O)cs2)cs1)C(C)C. The van der Waals surface area contributed by atoms with Crippen molar-refractivity contribution in [2.45, 2.75) is 52.7 Å². The normalized spacial score (nSPS) is 14.0. The number of nitrogens with two attached hydrogens (primary N) is 1. The predicted octanol–water partition coefficient (Wildman–Crippen LogP) is 3.23. The minimum atomic E-state index is -1.12. The van der Waals surface area contributed by atoms with Crippen LogP contribution in [0.15, 0.2) is 15.2 Å². The Morgan fingerprint density at radius 3 is 2.15 bits per heavy atom. The first-order valence-electron chi connectivity index (χ1n) is 10.5. The van der Waals surface area contributed by atoms with Gasteiger partial charge in [-0.1, -0.05) is 13.8 Å². The number of aryl methyl sites for hydroxylation is 1. The molecule has 2 amide bonds. The summed E-state index contributed by atoms with van der Waals surface area (Å²) in [7, 11) is 0. The summed E-state index contributed by atoms with van der Waals surface area (Å²) in [6.45, 7) is 8.93. The molecule has 0 aliphatic rings. The number of hydrogen-bond acceptors (Lipinski definition) is 10. The van der Waals surface area contributed by atoms with Crippen LogP contribution in [-0.4, -0.2) is 37.8 Å². The molecule has 182 valence electrons. The van der Waals surface area contributed by atoms with Crippen molar-refractivity contribution in [1.29, 1.82) is 0 Å². The molecular formula is C21H26N6O5S2. The third-order valence-corrected chi connectivity index (χ3v) is 6.81. The molecule has 11 nitrogen and oxygen atoms in total. The standard InChI is InChI=1S/C21H26N6O5S2/c1-8(2)14(26-17(29)15-11(5)32-18(27-15)9(3)22)20-24-12(6-34-20)16(28)23-10(4)19-25-13(7-33-19)21(30)31/h6-10,14H,22H2,1-5H3,(H,23,28)(H,26,29)(H,30,31)/t9-,10-,14-/m1/s1. The molecule has 0 unspecified atom stereocenters. The van der Waals surface area contributed by atoms with Crippen LogP contribution < -0.4 is 16.4 Å². The van der Waals surface area contributed by atoms with Crippen molar-refractivity contribution < 1.29 is 23.9 Å². The molecule has 0 aliphatic heterocycles. The van der Waals surface area contributed by atoms with Crippen LogP contribution in [0.5, 0.6) is 0 Å². The molecule has 0 saturated carbocycles. The Balaban J connectivity index is 1.71. The molecule has 0 aliphatic carbocycles. The smallest absolute Gasteiger partial charge is 0.355 e. The first-order valence-corrected chi connectivity index (χ1v) is 12.2. The van der Waals surface area contributed by atoms with Crippen molar-refractivity contribution in [2.24, 2.45) is 11.7 Å². The monoisotopic (exact) mass is 506 g/mol. The summed E-state index contributed by atoms with van der Waals surface area (Å²) in [5.74, 6) is -1.34. The van der Waals surface area contributed by atoms with E-state index in [0.29, 0.717) is 15.8 Å². The summed E-state index contributed by atoms with van der Waals surface area (Å²) in [5, 5.41) is 18.8. The Labute approximate surface area is 203 Å². The molecule has 3 aromatic rings. The van der Waals surface area contributed by atoms with E-state index >= 15 is 0 Å². The topological polar surface area (TPSA) is 173 Å². The average Bonchev–Trinajstić information content (AvgIpc) is 3.50. The van der Waals surface area contributed by atoms with E-state index in [1.807, 2.05) is 13.8 Å². The number of carbonyl (C=O) groups is 3. The predicted molar refractivity (Wildman–Crippen MR) is 126 cm³/mol. The number of nitrogens with one attached hydrogen (secondary N) is 2. The molecular weight excluding hydrogens is 480 g/mol. The fourth-order valence-electron chi connectivity index (χ4n) is 3.00. The fraction of sp³-hybridized carbons (Fsp3) is 0.429. The summed E-state index contributed by atoms with van der Waals surface area (Å²) in [6, 6.07) is -1.39. The minimum absolute atomic E-state index is 0.0187. The first kappa shape index (κ1) is 25.5. The molecule has 0 spiro atoms. The molecule has 3 aromatic heterocycles. The van der Waals surface area contributed by atoms with Gasteiger partial charge in [-0.15, -0.1) is 22.7 Å². The maximum atomic E-state index is 12.9. The number of carboxylic acid groups (broad SMARTS) is 1. The Bertz CT molecular complexity index is 1200. The Morgan fingerprint density at radius 1 is 0.971 bits per heavy atom. The highest BCUT2D eigenvalue weighted by molar-refractivity contribution is 7.10. The van der Waals surface area contributed by atoms with Gasteiger partial charge in [0.25, 0.3) is 11.8 Å². The lowest BCUT2D eigenvalue weighted by molar-refractivity contribution is 0.0690. The number of nitrogens with zero attached hydrogens (tertiary/aromatic N) is 3. The number of aromatic nitrogens is 3. The van der Waals surface area contributed by atoms with Gasteiger partial charge in [0.2, 0.25) is 5.89 Å². The van der Waals surface area contributed by atoms with Crippen molar-refractivity contribution in [3.63, 3.8) is 0 Å². The zero-order chi connectivity index (χ0) is 25.2. The van der Waals surface area contributed by atoms with Crippen molar-refractivity contribution in [1.82, 2.24) is 25.6 Å². The largest absolute Gasteiger partial charge is 0.476 e. The van der Waals surface area contributed by atoms with E-state index in [1.54, 1.807) is 26.2 Å². The van der Waals surface area contributed by atoms with Crippen LogP contribution in [0.3, 0.4) is 0 Å². The Hall–Kier alpha value is -3.16. The molecule has 3 heterocycles. The number of thiazole rings is 2. The van der Waals surface area contributed by atoms with Gasteiger partial charge in [0.15, 0.2) is 11.4 Å². The van der Waals surface area contributed by atoms with E-state index in [1.165, 1.54) is 16.7 Å². The maximum absolute atomic E-state index is 12.9. The van der Waals surface area contributed by atoms with Crippen LogP contribution in [0.1, 0.15) is 99.0 Å². The number of rotatable bonds is 9. The second kappa shape index (κ2) is 10.4. The zero-order valence-electron chi connectivity index (χ0n) is 19.3. The van der Waals surface area contributed by atoms with Crippen molar-refractivity contribution in [2.75, 3.05) is 0 Å². The van der Waals surface area contributed by atoms with Gasteiger partial charge < -0.3 is 25.9 Å². The van der Waals surface area contributed by atoms with Gasteiger partial charge in [0.1, 0.15) is 21.5 Å². The second-order valence-electron chi connectivity index (χ2n) is 8.08.